The Hall–Kier alpha value is -0.360. The van der Waals surface area contributed by atoms with Crippen LogP contribution < -0.4 is 5.73 Å². The number of nitrogens with two attached hydrogens (primary N) is 1. The van der Waals surface area contributed by atoms with Crippen LogP contribution in [-0.4, -0.2) is 35.4 Å². The maximum absolute atomic E-state index is 11.7. The van der Waals surface area contributed by atoms with Crippen molar-refractivity contribution in [1.82, 2.24) is 9.88 Å². The van der Waals surface area contributed by atoms with Crippen LogP contribution in [0.4, 0.5) is 0 Å². The smallest absolute Gasteiger partial charge is 0.222 e. The fourth-order valence-electron chi connectivity index (χ4n) is 1.18. The van der Waals surface area contributed by atoms with Crippen molar-refractivity contribution >= 4 is 42.1 Å². The van der Waals surface area contributed by atoms with Crippen LogP contribution in [0.15, 0.2) is 10.9 Å². The van der Waals surface area contributed by atoms with Crippen LogP contribution in [0.2, 0.25) is 0 Å². The zero-order valence-corrected chi connectivity index (χ0v) is 12.4. The summed E-state index contributed by atoms with van der Waals surface area (Å²) in [6.45, 7) is 2.44. The van der Waals surface area contributed by atoms with Gasteiger partial charge in [-0.2, -0.15) is 0 Å². The number of halogens is 2. The molecule has 1 amide bonds. The molecule has 4 nitrogen and oxygen atoms in total. The first kappa shape index (κ1) is 19.0. The highest BCUT2D eigenvalue weighted by atomic mass is 35.5. The van der Waals surface area contributed by atoms with Crippen LogP contribution in [0.25, 0.3) is 0 Å². The zero-order chi connectivity index (χ0) is 11.3. The molecule has 1 rings (SSSR count). The number of hydrogen-bond donors (Lipinski definition) is 1. The van der Waals surface area contributed by atoms with E-state index >= 15 is 0 Å². The number of rotatable bonds is 5. The molecule has 0 radical (unpaired) electrons. The van der Waals surface area contributed by atoms with Crippen molar-refractivity contribution in [2.75, 3.05) is 13.6 Å². The van der Waals surface area contributed by atoms with Gasteiger partial charge in [0, 0.05) is 31.4 Å². The van der Waals surface area contributed by atoms with Crippen LogP contribution in [0.3, 0.4) is 0 Å². The van der Waals surface area contributed by atoms with Crippen LogP contribution in [0, 0.1) is 0 Å². The van der Waals surface area contributed by atoms with Crippen molar-refractivity contribution < 1.29 is 4.79 Å². The molecule has 1 atom stereocenters. The number of carbonyl (C=O) groups excluding carboxylic acids is 1. The second kappa shape index (κ2) is 9.65. The Bertz CT molecular complexity index is 309. The third-order valence-corrected chi connectivity index (χ3v) is 3.11. The van der Waals surface area contributed by atoms with Crippen molar-refractivity contribution in [3.05, 3.63) is 16.6 Å². The van der Waals surface area contributed by atoms with Crippen LogP contribution in [0.5, 0.6) is 0 Å². The number of aryl methyl sites for hydroxylation is 1. The van der Waals surface area contributed by atoms with Gasteiger partial charge in [0.25, 0.3) is 0 Å². The Morgan fingerprint density at radius 3 is 2.71 bits per heavy atom. The van der Waals surface area contributed by atoms with E-state index in [1.165, 1.54) is 0 Å². The molecule has 0 aromatic carbocycles. The van der Waals surface area contributed by atoms with Gasteiger partial charge in [0.15, 0.2) is 0 Å². The summed E-state index contributed by atoms with van der Waals surface area (Å²) in [6, 6.07) is 0.105. The minimum Gasteiger partial charge on any atom is -0.342 e. The van der Waals surface area contributed by atoms with Crippen LogP contribution in [0.1, 0.15) is 19.0 Å². The summed E-state index contributed by atoms with van der Waals surface area (Å²) in [5.41, 5.74) is 8.27. The molecule has 0 aliphatic heterocycles. The SMILES string of the molecule is CC(CN)N(C)C(=O)CCc1cscn1.Cl.Cl. The molecule has 0 aliphatic carbocycles. The molecule has 0 saturated heterocycles. The van der Waals surface area contributed by atoms with E-state index in [-0.39, 0.29) is 36.8 Å². The van der Waals surface area contributed by atoms with E-state index in [1.807, 2.05) is 12.3 Å². The maximum atomic E-state index is 11.7. The highest BCUT2D eigenvalue weighted by molar-refractivity contribution is 7.07. The molecule has 1 aromatic heterocycles. The monoisotopic (exact) mass is 299 g/mol. The molecule has 0 saturated carbocycles. The summed E-state index contributed by atoms with van der Waals surface area (Å²) < 4.78 is 0. The molecular formula is C10H19Cl2N3OS. The summed E-state index contributed by atoms with van der Waals surface area (Å²) in [4.78, 5) is 17.5. The zero-order valence-electron chi connectivity index (χ0n) is 9.96. The second-order valence-electron chi connectivity index (χ2n) is 3.57. The lowest BCUT2D eigenvalue weighted by Gasteiger charge is -2.23. The van der Waals surface area contributed by atoms with Gasteiger partial charge in [-0.3, -0.25) is 4.79 Å². The molecule has 1 aromatic rings. The van der Waals surface area contributed by atoms with Gasteiger partial charge in [0.1, 0.15) is 0 Å². The molecule has 17 heavy (non-hydrogen) atoms. The topological polar surface area (TPSA) is 59.2 Å². The van der Waals surface area contributed by atoms with Crippen molar-refractivity contribution in [1.29, 1.82) is 0 Å². The number of aromatic nitrogens is 1. The summed E-state index contributed by atoms with van der Waals surface area (Å²) in [6.07, 6.45) is 1.22. The van der Waals surface area contributed by atoms with Crippen LogP contribution >= 0.6 is 36.2 Å². The lowest BCUT2D eigenvalue weighted by Crippen LogP contribution is -2.39. The van der Waals surface area contributed by atoms with E-state index in [0.717, 1.165) is 5.69 Å². The highest BCUT2D eigenvalue weighted by Crippen LogP contribution is 2.06. The Morgan fingerprint density at radius 1 is 1.59 bits per heavy atom. The first-order valence-corrected chi connectivity index (χ1v) is 5.92. The van der Waals surface area contributed by atoms with Crippen molar-refractivity contribution in [2.45, 2.75) is 25.8 Å². The molecule has 2 N–H and O–H groups in total. The van der Waals surface area contributed by atoms with Gasteiger partial charge >= 0.3 is 0 Å². The quantitative estimate of drug-likeness (QED) is 0.901. The summed E-state index contributed by atoms with van der Waals surface area (Å²) in [7, 11) is 1.79. The molecule has 1 heterocycles. The van der Waals surface area contributed by atoms with E-state index < -0.39 is 0 Å². The average molecular weight is 300 g/mol. The molecule has 0 bridgehead atoms. The Morgan fingerprint density at radius 2 is 2.24 bits per heavy atom. The average Bonchev–Trinajstić information content (AvgIpc) is 2.76. The number of carbonyl (C=O) groups is 1. The van der Waals surface area contributed by atoms with E-state index in [1.54, 1.807) is 28.8 Å². The number of hydrogen-bond acceptors (Lipinski definition) is 4. The summed E-state index contributed by atoms with van der Waals surface area (Å²) in [5.74, 6) is 0.126. The number of likely N-dealkylation sites (N-methyl/N-ethyl adjacent to an activating group) is 1. The first-order valence-electron chi connectivity index (χ1n) is 4.98. The molecule has 0 aliphatic rings. The summed E-state index contributed by atoms with van der Waals surface area (Å²) in [5, 5.41) is 1.97. The normalized spacial score (nSPS) is 11.0. The van der Waals surface area contributed by atoms with Crippen molar-refractivity contribution in [3.8, 4) is 0 Å². The Labute approximate surface area is 118 Å². The predicted octanol–water partition coefficient (Wildman–Crippen LogP) is 1.72. The molecule has 0 fully saturated rings. The fraction of sp³-hybridized carbons (Fsp3) is 0.600. The van der Waals surface area contributed by atoms with Gasteiger partial charge in [0.2, 0.25) is 5.91 Å². The standard InChI is InChI=1S/C10H17N3OS.2ClH/c1-8(5-11)13(2)10(14)4-3-9-6-15-7-12-9;;/h6-8H,3-5,11H2,1-2H3;2*1H. The molecule has 100 valence electrons. The van der Waals surface area contributed by atoms with Gasteiger partial charge < -0.3 is 10.6 Å². The van der Waals surface area contributed by atoms with Crippen LogP contribution in [-0.2, 0) is 11.2 Å². The lowest BCUT2D eigenvalue weighted by atomic mass is 10.2. The van der Waals surface area contributed by atoms with E-state index in [0.29, 0.717) is 19.4 Å². The lowest BCUT2D eigenvalue weighted by molar-refractivity contribution is -0.131. The van der Waals surface area contributed by atoms with Gasteiger partial charge in [-0.15, -0.1) is 36.2 Å². The molecule has 1 unspecified atom stereocenters. The van der Waals surface area contributed by atoms with Gasteiger partial charge in [-0.25, -0.2) is 4.98 Å². The fourth-order valence-corrected chi connectivity index (χ4v) is 1.77. The van der Waals surface area contributed by atoms with E-state index in [2.05, 4.69) is 4.98 Å². The number of amides is 1. The Balaban J connectivity index is 0. The van der Waals surface area contributed by atoms with Crippen molar-refractivity contribution in [3.63, 3.8) is 0 Å². The number of nitrogens with zero attached hydrogens (tertiary/aromatic N) is 2. The highest BCUT2D eigenvalue weighted by Gasteiger charge is 2.14. The molecule has 0 spiro atoms. The third-order valence-electron chi connectivity index (χ3n) is 2.47. The Kier molecular flexibility index (Phi) is 10.8. The van der Waals surface area contributed by atoms with E-state index in [4.69, 9.17) is 5.73 Å². The molecule has 7 heteroatoms. The third kappa shape index (κ3) is 6.21. The summed E-state index contributed by atoms with van der Waals surface area (Å²) >= 11 is 1.55. The molecular weight excluding hydrogens is 281 g/mol. The minimum absolute atomic E-state index is 0. The predicted molar refractivity (Wildman–Crippen MR) is 76.2 cm³/mol. The van der Waals surface area contributed by atoms with Gasteiger partial charge in [-0.1, -0.05) is 0 Å². The maximum Gasteiger partial charge on any atom is 0.222 e. The minimum atomic E-state index is 0. The van der Waals surface area contributed by atoms with Gasteiger partial charge in [-0.05, 0) is 13.3 Å². The number of thiazole rings is 1. The largest absolute Gasteiger partial charge is 0.342 e. The van der Waals surface area contributed by atoms with Gasteiger partial charge in [0.05, 0.1) is 11.2 Å². The van der Waals surface area contributed by atoms with Crippen molar-refractivity contribution in [2.24, 2.45) is 5.73 Å². The first-order chi connectivity index (χ1) is 7.15. The second-order valence-corrected chi connectivity index (χ2v) is 4.29. The van der Waals surface area contributed by atoms with E-state index in [9.17, 15) is 4.79 Å².